The number of hydrogen-bond donors (Lipinski definition) is 3. The van der Waals surface area contributed by atoms with E-state index in [4.69, 9.17) is 21.8 Å². The van der Waals surface area contributed by atoms with E-state index in [0.717, 1.165) is 57.6 Å². The number of unbranched alkanes of at least 4 members (excludes halogenated alkanes) is 4. The second kappa shape index (κ2) is 29.2. The molecule has 5 N–H and O–H groups in total. The normalized spacial score (nSPS) is 18.3. The lowest BCUT2D eigenvalue weighted by molar-refractivity contribution is -0.142. The second-order valence-electron chi connectivity index (χ2n) is 9.86. The van der Waals surface area contributed by atoms with Crippen LogP contribution >= 0.6 is 0 Å². The first kappa shape index (κ1) is 41.7. The van der Waals surface area contributed by atoms with Gasteiger partial charge in [0.05, 0.1) is 32.3 Å². The molecule has 41 heavy (non-hydrogen) atoms. The summed E-state index contributed by atoms with van der Waals surface area (Å²) in [6, 6.07) is -0.943. The molecule has 3 unspecified atom stereocenters. The molecule has 1 rings (SSSR count). The zero-order valence-corrected chi connectivity index (χ0v) is 24.6. The summed E-state index contributed by atoms with van der Waals surface area (Å²) < 4.78 is 4.45. The van der Waals surface area contributed by atoms with Crippen molar-refractivity contribution in [2.45, 2.75) is 96.7 Å². The van der Waals surface area contributed by atoms with Crippen molar-refractivity contribution in [1.29, 1.82) is 5.26 Å². The molecule has 0 aromatic carbocycles. The smallest absolute Gasteiger partial charge is 0.322 e. The number of carbonyl (C=O) groups is 1. The SMILES string of the molecule is CC1CC(N=C=O)C(N=C=O)C(C)(C)C1.COC(=O)[C@@H](N)CCCCN.N#CO.O=C=NCCCCCCN=C=O. The molecule has 0 heterocycles. The molecule has 1 aliphatic carbocycles. The summed E-state index contributed by atoms with van der Waals surface area (Å²) in [6.07, 6.45) is 14.9. The van der Waals surface area contributed by atoms with Gasteiger partial charge in [0.2, 0.25) is 24.3 Å². The van der Waals surface area contributed by atoms with Crippen LogP contribution in [0.1, 0.15) is 78.6 Å². The highest BCUT2D eigenvalue weighted by Crippen LogP contribution is 2.41. The van der Waals surface area contributed by atoms with Gasteiger partial charge in [-0.05, 0) is 56.4 Å². The number of nitrogens with zero attached hydrogens (tertiary/aromatic N) is 5. The van der Waals surface area contributed by atoms with Crippen LogP contribution in [0.2, 0.25) is 0 Å². The number of isocyanates is 4. The van der Waals surface area contributed by atoms with Crippen molar-refractivity contribution >= 4 is 30.3 Å². The van der Waals surface area contributed by atoms with Gasteiger partial charge in [0.25, 0.3) is 6.26 Å². The number of carbonyl (C=O) groups excluding carboxylic acids is 5. The second-order valence-corrected chi connectivity index (χ2v) is 9.86. The Morgan fingerprint density at radius 2 is 1.49 bits per heavy atom. The summed E-state index contributed by atoms with van der Waals surface area (Å²) in [5.74, 6) is 0.141. The molecule has 0 bridgehead atoms. The Bertz CT molecular complexity index is 907. The van der Waals surface area contributed by atoms with E-state index >= 15 is 0 Å². The summed E-state index contributed by atoms with van der Waals surface area (Å²) in [5.41, 5.74) is 10.6. The number of nitrogens with two attached hydrogens (primary N) is 2. The number of aliphatic imine (C=N–C) groups is 4. The molecular formula is C27H45N7O7. The predicted molar refractivity (Wildman–Crippen MR) is 151 cm³/mol. The van der Waals surface area contributed by atoms with Gasteiger partial charge < -0.3 is 21.3 Å². The Hall–Kier alpha value is -3.80. The third-order valence-corrected chi connectivity index (χ3v) is 5.99. The Balaban J connectivity index is -0.000000510. The van der Waals surface area contributed by atoms with Crippen LogP contribution in [0, 0.1) is 22.9 Å². The predicted octanol–water partition coefficient (Wildman–Crippen LogP) is 2.53. The largest absolute Gasteiger partial charge is 0.468 e. The van der Waals surface area contributed by atoms with Gasteiger partial charge in [0.1, 0.15) is 6.04 Å². The van der Waals surface area contributed by atoms with Crippen molar-refractivity contribution in [2.24, 2.45) is 42.8 Å². The van der Waals surface area contributed by atoms with Crippen molar-refractivity contribution in [1.82, 2.24) is 0 Å². The maximum absolute atomic E-state index is 10.7. The summed E-state index contributed by atoms with van der Waals surface area (Å²) in [6.45, 7) is 7.97. The number of aliphatic hydroxyl groups excluding tert-OH is 1. The van der Waals surface area contributed by atoms with Crippen LogP contribution in [0.25, 0.3) is 0 Å². The van der Waals surface area contributed by atoms with Gasteiger partial charge in [-0.3, -0.25) is 4.79 Å². The monoisotopic (exact) mass is 579 g/mol. The van der Waals surface area contributed by atoms with E-state index in [0.29, 0.717) is 32.0 Å². The molecule has 1 fully saturated rings. The number of ether oxygens (including phenoxy) is 1. The van der Waals surface area contributed by atoms with Crippen LogP contribution in [0.15, 0.2) is 20.0 Å². The molecule has 230 valence electrons. The third-order valence-electron chi connectivity index (χ3n) is 5.99. The molecule has 0 aliphatic heterocycles. The molecule has 4 atom stereocenters. The van der Waals surface area contributed by atoms with E-state index in [2.05, 4.69) is 31.6 Å². The van der Waals surface area contributed by atoms with E-state index < -0.39 is 6.04 Å². The number of methoxy groups -OCH3 is 1. The average molecular weight is 580 g/mol. The lowest BCUT2D eigenvalue weighted by atomic mass is 9.67. The van der Waals surface area contributed by atoms with Crippen molar-refractivity contribution in [2.75, 3.05) is 26.7 Å². The maximum atomic E-state index is 10.7. The quantitative estimate of drug-likeness (QED) is 0.0892. The lowest BCUT2D eigenvalue weighted by Gasteiger charge is -2.41. The Morgan fingerprint density at radius 3 is 1.90 bits per heavy atom. The Morgan fingerprint density at radius 1 is 0.976 bits per heavy atom. The van der Waals surface area contributed by atoms with Gasteiger partial charge in [0, 0.05) is 0 Å². The molecule has 14 nitrogen and oxygen atoms in total. The molecular weight excluding hydrogens is 534 g/mol. The molecule has 1 aliphatic rings. The fourth-order valence-corrected chi connectivity index (χ4v) is 4.28. The highest BCUT2D eigenvalue weighted by molar-refractivity contribution is 5.75. The average Bonchev–Trinajstić information content (AvgIpc) is 2.93. The van der Waals surface area contributed by atoms with Crippen LogP contribution in [0.5, 0.6) is 0 Å². The third kappa shape index (κ3) is 24.9. The van der Waals surface area contributed by atoms with Gasteiger partial charge in [-0.15, -0.1) is 0 Å². The molecule has 0 amide bonds. The zero-order valence-electron chi connectivity index (χ0n) is 24.6. The number of esters is 1. The van der Waals surface area contributed by atoms with Crippen LogP contribution < -0.4 is 11.5 Å². The molecule has 1 saturated carbocycles. The first-order chi connectivity index (χ1) is 19.6. The summed E-state index contributed by atoms with van der Waals surface area (Å²) in [4.78, 5) is 65.0. The topological polar surface area (TPSA) is 240 Å². The first-order valence-corrected chi connectivity index (χ1v) is 13.3. The van der Waals surface area contributed by atoms with Gasteiger partial charge in [-0.2, -0.15) is 10.3 Å². The number of aliphatic hydroxyl groups is 1. The van der Waals surface area contributed by atoms with Crippen molar-refractivity contribution in [3.63, 3.8) is 0 Å². The van der Waals surface area contributed by atoms with Crippen molar-refractivity contribution in [3.8, 4) is 6.26 Å². The van der Waals surface area contributed by atoms with Crippen LogP contribution in [-0.4, -0.2) is 80.3 Å². The highest BCUT2D eigenvalue weighted by Gasteiger charge is 2.42. The fourth-order valence-electron chi connectivity index (χ4n) is 4.28. The Labute approximate surface area is 242 Å². The zero-order chi connectivity index (χ0) is 31.9. The van der Waals surface area contributed by atoms with Gasteiger partial charge >= 0.3 is 5.97 Å². The maximum Gasteiger partial charge on any atom is 0.322 e. The highest BCUT2D eigenvalue weighted by atomic mass is 16.5. The fraction of sp³-hybridized carbons (Fsp3) is 0.778. The number of hydrogen-bond acceptors (Lipinski definition) is 14. The van der Waals surface area contributed by atoms with Crippen LogP contribution in [0.3, 0.4) is 0 Å². The van der Waals surface area contributed by atoms with Gasteiger partial charge in [-0.25, -0.2) is 34.2 Å². The van der Waals surface area contributed by atoms with Crippen LogP contribution in [-0.2, 0) is 28.7 Å². The van der Waals surface area contributed by atoms with E-state index in [1.807, 2.05) is 13.8 Å². The van der Waals surface area contributed by atoms with Crippen molar-refractivity contribution < 1.29 is 33.8 Å². The minimum Gasteiger partial charge on any atom is -0.468 e. The minimum atomic E-state index is -0.480. The molecule has 0 aromatic rings. The van der Waals surface area contributed by atoms with E-state index in [1.54, 1.807) is 12.2 Å². The lowest BCUT2D eigenvalue weighted by Crippen LogP contribution is -2.43. The molecule has 0 radical (unpaired) electrons. The molecule has 0 saturated heterocycles. The van der Waals surface area contributed by atoms with E-state index in [1.165, 1.54) is 19.3 Å². The van der Waals surface area contributed by atoms with E-state index in [-0.39, 0.29) is 23.5 Å². The van der Waals surface area contributed by atoms with E-state index in [9.17, 15) is 24.0 Å². The van der Waals surface area contributed by atoms with Gasteiger partial charge in [0.15, 0.2) is 0 Å². The molecule has 0 spiro atoms. The number of rotatable bonds is 14. The number of nitriles is 1. The summed E-state index contributed by atoms with van der Waals surface area (Å²) >= 11 is 0. The minimum absolute atomic E-state index is 0.111. The standard InChI is InChI=1S/C11H16N2O2.C8H12N2O2.C7H16N2O2.CHNO/c1-8-4-9(12-6-14)10(13-7-15)11(2,3)5-8;11-7-9-5-3-1-2-4-6-10-8-12;1-11-7(10)6(9)4-2-3-5-8;2-1-3/h8-10H,4-5H2,1-3H3;1-6H2;6H,2-5,8-9H2,1H3;3H/t;;6-;/m..0./s1. The first-order valence-electron chi connectivity index (χ1n) is 13.3. The van der Waals surface area contributed by atoms with Gasteiger partial charge in [-0.1, -0.05) is 40.0 Å². The Kier molecular flexibility index (Phi) is 29.7. The van der Waals surface area contributed by atoms with Crippen LogP contribution in [0.4, 0.5) is 0 Å². The molecule has 14 heteroatoms. The van der Waals surface area contributed by atoms with Crippen molar-refractivity contribution in [3.05, 3.63) is 0 Å². The summed E-state index contributed by atoms with van der Waals surface area (Å²) in [7, 11) is 1.34. The molecule has 0 aromatic heterocycles. The summed E-state index contributed by atoms with van der Waals surface area (Å²) in [5, 5.41) is 13.8.